The Bertz CT molecular complexity index is 5440. The number of imidazole rings is 3. The van der Waals surface area contributed by atoms with Crippen LogP contribution in [0.2, 0.25) is 51.4 Å². The van der Waals surface area contributed by atoms with E-state index in [-0.39, 0.29) is 185 Å². The van der Waals surface area contributed by atoms with Gasteiger partial charge in [0.1, 0.15) is 37.4 Å². The first kappa shape index (κ1) is 76.2. The molecule has 3 atom stereocenters. The number of aromatic nitrogens is 9. The third-order valence-electron chi connectivity index (χ3n) is 21.8. The highest BCUT2D eigenvalue weighted by molar-refractivity contribution is 6.76. The molecule has 6 aliphatic rings. The molecule has 118 heavy (non-hydrogen) atoms. The van der Waals surface area contributed by atoms with Gasteiger partial charge in [-0.05, 0) is 259 Å². The summed E-state index contributed by atoms with van der Waals surface area (Å²) in [4.78, 5) is 71.2. The summed E-state index contributed by atoms with van der Waals surface area (Å²) in [6.07, 6.45) is -0.579. The molecule has 1 N–H and O–H groups in total. The van der Waals surface area contributed by atoms with E-state index in [0.29, 0.717) is 55.6 Å². The van der Waals surface area contributed by atoms with Gasteiger partial charge in [0.15, 0.2) is 28.9 Å². The number of hydrogen-bond acceptors (Lipinski definition) is 17. The van der Waals surface area contributed by atoms with Crippen LogP contribution >= 0.6 is 0 Å². The van der Waals surface area contributed by atoms with Crippen LogP contribution in [-0.4, -0.2) is 124 Å². The Kier molecular flexibility index (Phi) is 23.5. The summed E-state index contributed by atoms with van der Waals surface area (Å²) in [7, 11) is -2.64. The molecule has 12 rings (SSSR count). The number of H-pyrrole nitrogens is 1. The number of nitrogens with one attached hydrogen (secondary N) is 1. The summed E-state index contributed by atoms with van der Waals surface area (Å²) in [5.41, 5.74) is 0.426. The van der Waals surface area contributed by atoms with E-state index in [0.717, 1.165) is 42.0 Å². The molecule has 3 aliphatic carbocycles. The van der Waals surface area contributed by atoms with E-state index < -0.39 is 93.1 Å². The third kappa shape index (κ3) is 26.0. The van der Waals surface area contributed by atoms with Crippen LogP contribution in [0, 0.1) is 50.2 Å². The van der Waals surface area contributed by atoms with E-state index in [9.17, 15) is 24.9 Å². The number of hydrogen-bond donors (Lipinski definition) is 1. The van der Waals surface area contributed by atoms with E-state index >= 15 is 0 Å². The maximum absolute atomic E-state index is 13.9. The van der Waals surface area contributed by atoms with E-state index in [1.54, 1.807) is 29.0 Å². The molecule has 0 aromatic carbocycles. The third-order valence-corrected chi connectivity index (χ3v) is 25.2. The van der Waals surface area contributed by atoms with Gasteiger partial charge in [-0.25, -0.2) is 15.0 Å². The molecular formula is C96H136N12O8Si2. The van der Waals surface area contributed by atoms with Crippen molar-refractivity contribution in [3.63, 3.8) is 0 Å². The highest BCUT2D eigenvalue weighted by Gasteiger charge is 2.44. The maximum atomic E-state index is 13.9. The molecule has 22 heteroatoms. The van der Waals surface area contributed by atoms with Crippen molar-refractivity contribution < 1.29 is 54.5 Å². The van der Waals surface area contributed by atoms with Crippen LogP contribution in [0.5, 0.6) is 0 Å². The van der Waals surface area contributed by atoms with Crippen molar-refractivity contribution in [3.05, 3.63) is 159 Å². The first-order valence-corrected chi connectivity index (χ1v) is 49.1. The van der Waals surface area contributed by atoms with Crippen LogP contribution < -0.4 is 0 Å². The van der Waals surface area contributed by atoms with Crippen molar-refractivity contribution in [2.75, 3.05) is 13.2 Å². The molecule has 3 saturated heterocycles. The molecular weight excluding hydrogens is 1510 g/mol. The lowest BCUT2D eigenvalue weighted by molar-refractivity contribution is -0.162. The Balaban J connectivity index is 0.000000204. The molecule has 3 fully saturated rings. The number of nitrogens with zero attached hydrogens (tertiary/aromatic N) is 11. The average Bonchev–Trinajstić information content (AvgIpc) is 0.760. The molecule has 6 aromatic rings. The topological polar surface area (TPSA) is 272 Å². The second-order valence-corrected chi connectivity index (χ2v) is 52.5. The predicted molar refractivity (Wildman–Crippen MR) is 473 cm³/mol. The van der Waals surface area contributed by atoms with E-state index in [1.165, 1.54) is 18.6 Å². The highest BCUT2D eigenvalue weighted by atomic mass is 28.3. The van der Waals surface area contributed by atoms with Crippen LogP contribution in [0.1, 0.15) is 355 Å². The van der Waals surface area contributed by atoms with E-state index in [1.807, 2.05) is 104 Å². The van der Waals surface area contributed by atoms with Crippen molar-refractivity contribution in [3.8, 4) is 18.2 Å². The average molecular weight is 1650 g/mol. The number of allylic oxidation sites excluding steroid dienone is 6. The predicted octanol–water partition coefficient (Wildman–Crippen LogP) is 22.0. The molecule has 9 heterocycles. The van der Waals surface area contributed by atoms with Gasteiger partial charge in [0, 0.05) is 108 Å². The van der Waals surface area contributed by atoms with Gasteiger partial charge in [-0.2, -0.15) is 15.8 Å². The number of aromatic amines is 1. The highest BCUT2D eigenvalue weighted by Crippen LogP contribution is 2.49. The summed E-state index contributed by atoms with van der Waals surface area (Å²) in [5.74, 6) is -0.847. The zero-order chi connectivity index (χ0) is 97.2. The maximum Gasteiger partial charge on any atom is 0.202 e. The number of ether oxygens (including phenoxy) is 5. The Labute approximate surface area is 723 Å². The second-order valence-electron chi connectivity index (χ2n) is 41.2. The van der Waals surface area contributed by atoms with Gasteiger partial charge in [-0.15, -0.1) is 0 Å². The smallest absolute Gasteiger partial charge is 0.202 e. The number of nitriles is 3. The standard InChI is InChI=1S/2C34H50N4O3Si.C28H36N4O2/c2*1-32(2)14-12-24(13-15-32)30-25(10-11-28(37-30)26-19-33(3,4)41-34(5,6)20-26)18-29(39)31-36-27(21-35)22-38(31)23-40-16-17-42(7,8)9;1-26(2)11-9-18(10-12-26)24-19(13-23(33)25-30-17-21(16-29)31-25)7-8-22(32-24)20-14-27(3,4)34-28(5,6)15-20/h2*10-12,22,26H,13-20,23H2,1-9H3;7-9,17,20H,10-15H2,1-6H3,(H,30,31)/i12D,13D2,15D;12D,13D2,14D;9D,10D2,11D. The van der Waals surface area contributed by atoms with Crippen LogP contribution in [0.4, 0.5) is 0 Å². The second kappa shape index (κ2) is 36.4. The number of pyridine rings is 3. The first-order valence-electron chi connectivity index (χ1n) is 47.9. The van der Waals surface area contributed by atoms with Crippen LogP contribution in [-0.2, 0) is 56.4 Å². The SMILES string of the molecule is [2H]C1=C(c2nc(C3CC(C)(C)OC(C)(C)C3)ccc2CC(=O)c2nc(C#N)cn2COCC[Si](C)(C)C)C([2H])([2H])C([2H])C(C)(C)C1.[2H]C1=C(c2nc(C3CC(C)(C)OC(C)(C)C3)ccc2CC(=O)c2nc(C#N)cn2COCC[Si](C)(C)C)C([2H])([2H])CC(C)(C)C1[2H].[2H]C1=C(c2nc(C3CC(C)(C)OC(C)(C)C3)ccc2CC(=O)c2ncc(C#N)[nH]2)C([2H])([2H])CC(C)(C)C1[2H]. The van der Waals surface area contributed by atoms with Gasteiger partial charge < -0.3 is 37.8 Å². The van der Waals surface area contributed by atoms with E-state index in [2.05, 4.69) is 115 Å². The van der Waals surface area contributed by atoms with Gasteiger partial charge in [-0.3, -0.25) is 29.3 Å². The minimum absolute atomic E-state index is 0.0140. The summed E-state index contributed by atoms with van der Waals surface area (Å²) in [6.45, 7) is 50.3. The van der Waals surface area contributed by atoms with Gasteiger partial charge in [-0.1, -0.05) is 117 Å². The lowest BCUT2D eigenvalue weighted by Gasteiger charge is -2.45. The van der Waals surface area contributed by atoms with Crippen LogP contribution in [0.3, 0.4) is 0 Å². The van der Waals surface area contributed by atoms with Crippen molar-refractivity contribution in [2.45, 2.75) is 356 Å². The Morgan fingerprint density at radius 3 is 1.17 bits per heavy atom. The van der Waals surface area contributed by atoms with Crippen LogP contribution in [0.15, 0.2) is 73.1 Å². The molecule has 636 valence electrons. The van der Waals surface area contributed by atoms with Crippen molar-refractivity contribution in [2.24, 2.45) is 16.2 Å². The number of ketones is 3. The minimum atomic E-state index is -2.17. The molecule has 0 amide bonds. The first-order chi connectivity index (χ1) is 59.5. The monoisotopic (exact) mass is 1650 g/mol. The minimum Gasteiger partial charge on any atom is -0.370 e. The quantitative estimate of drug-likeness (QED) is 0.0317. The van der Waals surface area contributed by atoms with E-state index in [4.69, 9.17) is 60.3 Å². The van der Waals surface area contributed by atoms with Gasteiger partial charge >= 0.3 is 0 Å². The number of carbonyl (C=O) groups excluding carboxylic acids is 3. The normalized spacial score (nSPS) is 25.4. The summed E-state index contributed by atoms with van der Waals surface area (Å²) in [5, 5.41) is 28.2. The zero-order valence-electron chi connectivity index (χ0n) is 86.6. The van der Waals surface area contributed by atoms with Crippen molar-refractivity contribution in [1.29, 1.82) is 15.8 Å². The van der Waals surface area contributed by atoms with Crippen molar-refractivity contribution in [1.82, 2.24) is 44.0 Å². The van der Waals surface area contributed by atoms with Crippen molar-refractivity contribution >= 4 is 50.2 Å². The summed E-state index contributed by atoms with van der Waals surface area (Å²) in [6, 6.07) is 18.8. The zero-order valence-corrected chi connectivity index (χ0v) is 76.6. The molecule has 0 spiro atoms. The van der Waals surface area contributed by atoms with Gasteiger partial charge in [0.05, 0.1) is 61.0 Å². The fraction of sp³-hybridized carbons (Fsp3) is 0.625. The lowest BCUT2D eigenvalue weighted by atomic mass is 9.76. The van der Waals surface area contributed by atoms with Crippen LogP contribution in [0.25, 0.3) is 16.7 Å². The molecule has 0 bridgehead atoms. The molecule has 3 unspecified atom stereocenters. The van der Waals surface area contributed by atoms with Gasteiger partial charge in [0.2, 0.25) is 17.3 Å². The lowest BCUT2D eigenvalue weighted by Crippen LogP contribution is -2.44. The fourth-order valence-electron chi connectivity index (χ4n) is 16.6. The summed E-state index contributed by atoms with van der Waals surface area (Å²) >= 11 is 0. The molecule has 6 aromatic heterocycles. The largest absolute Gasteiger partial charge is 0.370 e. The molecule has 0 saturated carbocycles. The fourth-order valence-corrected chi connectivity index (χ4v) is 18.1. The summed E-state index contributed by atoms with van der Waals surface area (Å²) < 4.78 is 141. The Morgan fingerprint density at radius 1 is 0.492 bits per heavy atom. The number of Topliss-reactive ketones (excluding diaryl/α,β-unsaturated/α-hetero) is 3. The Morgan fingerprint density at radius 2 is 0.839 bits per heavy atom. The molecule has 0 radical (unpaired) electrons. The Hall–Kier alpha value is -7.99. The molecule has 3 aliphatic heterocycles. The number of carbonyl (C=O) groups is 3. The molecule has 20 nitrogen and oxygen atoms in total. The number of rotatable bonds is 25. The van der Waals surface area contributed by atoms with Gasteiger partial charge in [0.25, 0.3) is 0 Å².